The minimum Gasteiger partial charge on any atom is -0.351 e. The van der Waals surface area contributed by atoms with Crippen LogP contribution in [0.2, 0.25) is 0 Å². The van der Waals surface area contributed by atoms with Crippen LogP contribution in [0.25, 0.3) is 0 Å². The lowest BCUT2D eigenvalue weighted by Gasteiger charge is -2.16. The van der Waals surface area contributed by atoms with Gasteiger partial charge in [0.05, 0.1) is 13.1 Å². The highest BCUT2D eigenvalue weighted by Gasteiger charge is 2.34. The molecule has 1 aliphatic heterocycles. The molecule has 1 amide bonds. The van der Waals surface area contributed by atoms with Gasteiger partial charge < -0.3 is 10.6 Å². The topological polar surface area (TPSA) is 44.4 Å². The lowest BCUT2D eigenvalue weighted by Crippen LogP contribution is -2.43. The van der Waals surface area contributed by atoms with Crippen LogP contribution in [-0.4, -0.2) is 55.2 Å². The first-order valence-electron chi connectivity index (χ1n) is 6.25. The van der Waals surface area contributed by atoms with Crippen molar-refractivity contribution in [3.05, 3.63) is 0 Å². The van der Waals surface area contributed by atoms with E-state index in [1.54, 1.807) is 0 Å². The fraction of sp³-hybridized carbons (Fsp3) is 0.909. The minimum atomic E-state index is -4.27. The number of nitrogens with zero attached hydrogens (tertiary/aromatic N) is 1. The van der Waals surface area contributed by atoms with E-state index >= 15 is 0 Å². The Hall–Kier alpha value is -0.820. The Morgan fingerprint density at radius 2 is 2.00 bits per heavy atom. The molecule has 104 valence electrons. The van der Waals surface area contributed by atoms with Gasteiger partial charge in [-0.25, -0.2) is 0 Å². The van der Waals surface area contributed by atoms with Crippen molar-refractivity contribution in [2.45, 2.75) is 37.5 Å². The molecule has 1 aliphatic carbocycles. The molecular formula is C11H18F3N3O. The first-order valence-corrected chi connectivity index (χ1v) is 6.25. The SMILES string of the molecule is O=C(CNCC(F)(F)F)NC1CCN(C2CC2)C1. The van der Waals surface area contributed by atoms with Gasteiger partial charge in [-0.3, -0.25) is 9.69 Å². The van der Waals surface area contributed by atoms with E-state index in [4.69, 9.17) is 0 Å². The van der Waals surface area contributed by atoms with Gasteiger partial charge >= 0.3 is 6.18 Å². The van der Waals surface area contributed by atoms with Gasteiger partial charge in [0.15, 0.2) is 0 Å². The minimum absolute atomic E-state index is 0.0887. The Kier molecular flexibility index (Phi) is 4.11. The van der Waals surface area contributed by atoms with E-state index in [0.29, 0.717) is 6.04 Å². The lowest BCUT2D eigenvalue weighted by atomic mass is 10.2. The summed E-state index contributed by atoms with van der Waals surface area (Å²) in [5, 5.41) is 4.86. The monoisotopic (exact) mass is 265 g/mol. The number of hydrogen-bond acceptors (Lipinski definition) is 3. The third-order valence-electron chi connectivity index (χ3n) is 3.26. The predicted octanol–water partition coefficient (Wildman–Crippen LogP) is 0.491. The van der Waals surface area contributed by atoms with E-state index in [2.05, 4.69) is 15.5 Å². The standard InChI is InChI=1S/C11H18F3N3O/c12-11(13,14)7-15-5-10(18)16-8-3-4-17(6-8)9-1-2-9/h8-9,15H,1-7H2,(H,16,18). The molecule has 1 heterocycles. The van der Waals surface area contributed by atoms with Crippen molar-refractivity contribution >= 4 is 5.91 Å². The molecule has 18 heavy (non-hydrogen) atoms. The summed E-state index contributed by atoms with van der Waals surface area (Å²) in [7, 11) is 0. The average Bonchev–Trinajstić information content (AvgIpc) is 2.99. The van der Waals surface area contributed by atoms with Crippen LogP contribution in [0.4, 0.5) is 13.2 Å². The van der Waals surface area contributed by atoms with Crippen molar-refractivity contribution < 1.29 is 18.0 Å². The van der Waals surface area contributed by atoms with Crippen molar-refractivity contribution in [1.82, 2.24) is 15.5 Å². The zero-order valence-electron chi connectivity index (χ0n) is 10.1. The Bertz CT molecular complexity index is 304. The van der Waals surface area contributed by atoms with Gasteiger partial charge in [-0.1, -0.05) is 0 Å². The van der Waals surface area contributed by atoms with Gasteiger partial charge in [-0.15, -0.1) is 0 Å². The van der Waals surface area contributed by atoms with Crippen molar-refractivity contribution in [3.63, 3.8) is 0 Å². The Balaban J connectivity index is 1.59. The maximum Gasteiger partial charge on any atom is 0.401 e. The molecule has 1 unspecified atom stereocenters. The quantitative estimate of drug-likeness (QED) is 0.760. The molecule has 2 fully saturated rings. The number of hydrogen-bond donors (Lipinski definition) is 2. The van der Waals surface area contributed by atoms with E-state index in [0.717, 1.165) is 19.5 Å². The van der Waals surface area contributed by atoms with Gasteiger partial charge in [-0.2, -0.15) is 13.2 Å². The number of nitrogens with one attached hydrogen (secondary N) is 2. The molecule has 0 aromatic heterocycles. The highest BCUT2D eigenvalue weighted by molar-refractivity contribution is 5.78. The third-order valence-corrected chi connectivity index (χ3v) is 3.26. The fourth-order valence-electron chi connectivity index (χ4n) is 2.27. The second-order valence-electron chi connectivity index (χ2n) is 5.00. The largest absolute Gasteiger partial charge is 0.401 e. The van der Waals surface area contributed by atoms with E-state index in [9.17, 15) is 18.0 Å². The number of carbonyl (C=O) groups excluding carboxylic acids is 1. The zero-order chi connectivity index (χ0) is 13.2. The van der Waals surface area contributed by atoms with Gasteiger partial charge in [0.2, 0.25) is 5.91 Å². The third kappa shape index (κ3) is 4.45. The number of alkyl halides is 3. The predicted molar refractivity (Wildman–Crippen MR) is 60.1 cm³/mol. The summed E-state index contributed by atoms with van der Waals surface area (Å²) in [5.41, 5.74) is 0. The Morgan fingerprint density at radius 3 is 2.61 bits per heavy atom. The number of carbonyl (C=O) groups is 1. The van der Waals surface area contributed by atoms with Crippen LogP contribution in [-0.2, 0) is 4.79 Å². The van der Waals surface area contributed by atoms with Gasteiger partial charge in [0, 0.05) is 25.2 Å². The normalized spacial score (nSPS) is 25.4. The smallest absolute Gasteiger partial charge is 0.351 e. The maximum atomic E-state index is 11.9. The van der Waals surface area contributed by atoms with E-state index < -0.39 is 12.7 Å². The fourth-order valence-corrected chi connectivity index (χ4v) is 2.27. The van der Waals surface area contributed by atoms with Crippen molar-refractivity contribution in [3.8, 4) is 0 Å². The second-order valence-corrected chi connectivity index (χ2v) is 5.00. The van der Waals surface area contributed by atoms with Gasteiger partial charge in [0.25, 0.3) is 0 Å². The van der Waals surface area contributed by atoms with Crippen molar-refractivity contribution in [2.75, 3.05) is 26.2 Å². The van der Waals surface area contributed by atoms with Crippen LogP contribution in [0.1, 0.15) is 19.3 Å². The highest BCUT2D eigenvalue weighted by atomic mass is 19.4. The van der Waals surface area contributed by atoms with Crippen molar-refractivity contribution in [2.24, 2.45) is 0 Å². The molecule has 1 atom stereocenters. The number of rotatable bonds is 5. The molecule has 7 heteroatoms. The summed E-state index contributed by atoms with van der Waals surface area (Å²) >= 11 is 0. The molecule has 0 aromatic carbocycles. The molecule has 4 nitrogen and oxygen atoms in total. The van der Waals surface area contributed by atoms with Crippen LogP contribution >= 0.6 is 0 Å². The number of likely N-dealkylation sites (tertiary alicyclic amines) is 1. The molecule has 0 radical (unpaired) electrons. The van der Waals surface area contributed by atoms with Crippen LogP contribution in [0.15, 0.2) is 0 Å². The molecule has 0 bridgehead atoms. The number of amides is 1. The molecule has 2 rings (SSSR count). The highest BCUT2D eigenvalue weighted by Crippen LogP contribution is 2.29. The van der Waals surface area contributed by atoms with Gasteiger partial charge in [0.1, 0.15) is 0 Å². The van der Waals surface area contributed by atoms with Crippen molar-refractivity contribution in [1.29, 1.82) is 0 Å². The van der Waals surface area contributed by atoms with E-state index in [-0.39, 0.29) is 18.5 Å². The molecule has 0 spiro atoms. The first kappa shape index (κ1) is 13.6. The summed E-state index contributed by atoms with van der Waals surface area (Å²) in [6.07, 6.45) is -0.917. The molecule has 2 N–H and O–H groups in total. The molecule has 1 saturated carbocycles. The van der Waals surface area contributed by atoms with Gasteiger partial charge in [-0.05, 0) is 19.3 Å². The summed E-state index contributed by atoms with van der Waals surface area (Å²) in [5.74, 6) is -0.359. The summed E-state index contributed by atoms with van der Waals surface area (Å²) in [6, 6.07) is 0.765. The van der Waals surface area contributed by atoms with E-state index in [1.165, 1.54) is 12.8 Å². The second kappa shape index (κ2) is 5.44. The molecular weight excluding hydrogens is 247 g/mol. The van der Waals surface area contributed by atoms with E-state index in [1.807, 2.05) is 0 Å². The lowest BCUT2D eigenvalue weighted by molar-refractivity contribution is -0.128. The summed E-state index contributed by atoms with van der Waals surface area (Å²) in [6.45, 7) is 0.403. The average molecular weight is 265 g/mol. The zero-order valence-corrected chi connectivity index (χ0v) is 10.1. The van der Waals surface area contributed by atoms with Crippen LogP contribution in [0.3, 0.4) is 0 Å². The Labute approximate surface area is 104 Å². The molecule has 2 aliphatic rings. The molecule has 0 aromatic rings. The van der Waals surface area contributed by atoms with Crippen LogP contribution < -0.4 is 10.6 Å². The first-order chi connectivity index (χ1) is 8.44. The molecule has 1 saturated heterocycles. The Morgan fingerprint density at radius 1 is 1.28 bits per heavy atom. The van der Waals surface area contributed by atoms with Crippen LogP contribution in [0.5, 0.6) is 0 Å². The van der Waals surface area contributed by atoms with Crippen LogP contribution in [0, 0.1) is 0 Å². The summed E-state index contributed by atoms with van der Waals surface area (Å²) < 4.78 is 35.6. The maximum absolute atomic E-state index is 11.9. The summed E-state index contributed by atoms with van der Waals surface area (Å²) in [4.78, 5) is 13.8. The number of halogens is 3.